The van der Waals surface area contributed by atoms with Gasteiger partial charge in [0.2, 0.25) is 15.9 Å². The maximum absolute atomic E-state index is 12.4. The molecule has 0 bridgehead atoms. The molecule has 2 aromatic carbocycles. The predicted octanol–water partition coefficient (Wildman–Crippen LogP) is 1.79. The fourth-order valence-corrected chi connectivity index (χ4v) is 2.77. The molecule has 0 spiro atoms. The first-order valence-corrected chi connectivity index (χ1v) is 9.00. The highest BCUT2D eigenvalue weighted by molar-refractivity contribution is 7.89. The van der Waals surface area contributed by atoms with Crippen molar-refractivity contribution in [1.82, 2.24) is 4.90 Å². The summed E-state index contributed by atoms with van der Waals surface area (Å²) in [6, 6.07) is 15.3. The van der Waals surface area contributed by atoms with Gasteiger partial charge in [0.1, 0.15) is 0 Å². The Morgan fingerprint density at radius 1 is 1.17 bits per heavy atom. The van der Waals surface area contributed by atoms with Gasteiger partial charge in [-0.05, 0) is 37.7 Å². The van der Waals surface area contributed by atoms with Crippen molar-refractivity contribution in [2.24, 2.45) is 5.14 Å². The van der Waals surface area contributed by atoms with E-state index in [0.717, 1.165) is 5.56 Å². The Balaban J connectivity index is 2.03. The number of nitrogens with one attached hydrogen (secondary N) is 1. The molecule has 128 valence electrons. The molecular weight excluding hydrogens is 326 g/mol. The van der Waals surface area contributed by atoms with Crippen LogP contribution in [0.1, 0.15) is 12.5 Å². The minimum Gasteiger partial charge on any atom is -0.325 e. The SMILES string of the molecule is C[C@@H](C(=O)Nc1cccc(S(N)(=O)=O)c1)N(C)Cc1ccccc1. The summed E-state index contributed by atoms with van der Waals surface area (Å²) < 4.78 is 22.7. The first-order valence-electron chi connectivity index (χ1n) is 7.45. The summed E-state index contributed by atoms with van der Waals surface area (Å²) in [5, 5.41) is 7.82. The molecule has 0 heterocycles. The largest absolute Gasteiger partial charge is 0.325 e. The lowest BCUT2D eigenvalue weighted by atomic mass is 10.2. The van der Waals surface area contributed by atoms with Gasteiger partial charge in [-0.2, -0.15) is 0 Å². The Hall–Kier alpha value is -2.22. The van der Waals surface area contributed by atoms with Crippen LogP contribution >= 0.6 is 0 Å². The molecule has 2 aromatic rings. The molecule has 0 saturated carbocycles. The van der Waals surface area contributed by atoms with Gasteiger partial charge in [0, 0.05) is 12.2 Å². The zero-order valence-electron chi connectivity index (χ0n) is 13.6. The van der Waals surface area contributed by atoms with Crippen LogP contribution in [0, 0.1) is 0 Å². The molecule has 7 heteroatoms. The van der Waals surface area contributed by atoms with E-state index in [4.69, 9.17) is 5.14 Å². The number of hydrogen-bond acceptors (Lipinski definition) is 4. The summed E-state index contributed by atoms with van der Waals surface area (Å²) >= 11 is 0. The lowest BCUT2D eigenvalue weighted by Gasteiger charge is -2.24. The van der Waals surface area contributed by atoms with Gasteiger partial charge in [-0.1, -0.05) is 36.4 Å². The van der Waals surface area contributed by atoms with Gasteiger partial charge < -0.3 is 5.32 Å². The van der Waals surface area contributed by atoms with E-state index >= 15 is 0 Å². The summed E-state index contributed by atoms with van der Waals surface area (Å²) in [7, 11) is -1.94. The lowest BCUT2D eigenvalue weighted by Crippen LogP contribution is -2.39. The third-order valence-corrected chi connectivity index (χ3v) is 4.66. The normalized spacial score (nSPS) is 12.8. The Morgan fingerprint density at radius 2 is 1.83 bits per heavy atom. The third-order valence-electron chi connectivity index (χ3n) is 3.75. The molecule has 0 saturated heterocycles. The van der Waals surface area contributed by atoms with E-state index in [1.807, 2.05) is 42.3 Å². The zero-order chi connectivity index (χ0) is 17.7. The number of nitrogens with zero attached hydrogens (tertiary/aromatic N) is 1. The zero-order valence-corrected chi connectivity index (χ0v) is 14.5. The fourth-order valence-electron chi connectivity index (χ4n) is 2.21. The topological polar surface area (TPSA) is 92.5 Å². The van der Waals surface area contributed by atoms with E-state index in [1.54, 1.807) is 13.0 Å². The molecule has 0 radical (unpaired) electrons. The molecule has 0 aliphatic carbocycles. The standard InChI is InChI=1S/C17H21N3O3S/c1-13(20(2)12-14-7-4-3-5-8-14)17(21)19-15-9-6-10-16(11-15)24(18,22)23/h3-11,13H,12H2,1-2H3,(H,19,21)(H2,18,22,23)/t13-/m0/s1. The van der Waals surface area contributed by atoms with Crippen LogP contribution in [0.2, 0.25) is 0 Å². The van der Waals surface area contributed by atoms with Crippen molar-refractivity contribution in [1.29, 1.82) is 0 Å². The Kier molecular flexibility index (Phi) is 5.71. The van der Waals surface area contributed by atoms with Crippen LogP contribution in [0.3, 0.4) is 0 Å². The van der Waals surface area contributed by atoms with Crippen molar-refractivity contribution in [2.75, 3.05) is 12.4 Å². The van der Waals surface area contributed by atoms with Gasteiger partial charge >= 0.3 is 0 Å². The first-order chi connectivity index (χ1) is 11.3. The van der Waals surface area contributed by atoms with Crippen molar-refractivity contribution in [2.45, 2.75) is 24.4 Å². The second-order valence-electron chi connectivity index (χ2n) is 5.64. The van der Waals surface area contributed by atoms with Crippen molar-refractivity contribution >= 4 is 21.6 Å². The molecule has 2 rings (SSSR count). The number of anilines is 1. The minimum atomic E-state index is -3.80. The molecule has 0 fully saturated rings. The molecule has 0 aromatic heterocycles. The molecule has 6 nitrogen and oxygen atoms in total. The highest BCUT2D eigenvalue weighted by Crippen LogP contribution is 2.15. The smallest absolute Gasteiger partial charge is 0.241 e. The number of amides is 1. The Morgan fingerprint density at radius 3 is 2.46 bits per heavy atom. The van der Waals surface area contributed by atoms with Crippen LogP contribution in [0.4, 0.5) is 5.69 Å². The maximum atomic E-state index is 12.4. The Labute approximate surface area is 142 Å². The van der Waals surface area contributed by atoms with Crippen molar-refractivity contribution < 1.29 is 13.2 Å². The van der Waals surface area contributed by atoms with E-state index in [1.165, 1.54) is 18.2 Å². The molecule has 1 atom stereocenters. The second kappa shape index (κ2) is 7.57. The molecule has 0 aliphatic rings. The van der Waals surface area contributed by atoms with E-state index in [-0.39, 0.29) is 16.8 Å². The van der Waals surface area contributed by atoms with E-state index in [9.17, 15) is 13.2 Å². The summed E-state index contributed by atoms with van der Waals surface area (Å²) in [5.41, 5.74) is 1.50. The number of carbonyl (C=O) groups excluding carboxylic acids is 1. The van der Waals surface area contributed by atoms with Gasteiger partial charge in [-0.25, -0.2) is 13.6 Å². The third kappa shape index (κ3) is 4.89. The van der Waals surface area contributed by atoms with Gasteiger partial charge in [-0.3, -0.25) is 9.69 Å². The molecular formula is C17H21N3O3S. The number of nitrogens with two attached hydrogens (primary N) is 1. The van der Waals surface area contributed by atoms with Crippen LogP contribution in [0.15, 0.2) is 59.5 Å². The lowest BCUT2D eigenvalue weighted by molar-refractivity contribution is -0.120. The monoisotopic (exact) mass is 347 g/mol. The molecule has 1 amide bonds. The van der Waals surface area contributed by atoms with Gasteiger partial charge in [0.05, 0.1) is 10.9 Å². The van der Waals surface area contributed by atoms with Crippen LogP contribution in [0.5, 0.6) is 0 Å². The van der Waals surface area contributed by atoms with Gasteiger partial charge in [0.15, 0.2) is 0 Å². The summed E-state index contributed by atoms with van der Waals surface area (Å²) in [5.74, 6) is -0.222. The van der Waals surface area contributed by atoms with Gasteiger partial charge in [-0.15, -0.1) is 0 Å². The molecule has 0 aliphatic heterocycles. The van der Waals surface area contributed by atoms with E-state index in [2.05, 4.69) is 5.32 Å². The molecule has 24 heavy (non-hydrogen) atoms. The fraction of sp³-hybridized carbons (Fsp3) is 0.235. The summed E-state index contributed by atoms with van der Waals surface area (Å²) in [4.78, 5) is 14.2. The second-order valence-corrected chi connectivity index (χ2v) is 7.20. The quantitative estimate of drug-likeness (QED) is 0.833. The summed E-state index contributed by atoms with van der Waals surface area (Å²) in [6.07, 6.45) is 0. The van der Waals surface area contributed by atoms with Crippen LogP contribution in [-0.2, 0) is 21.4 Å². The Bertz CT molecular complexity index is 807. The number of carbonyl (C=O) groups is 1. The first kappa shape index (κ1) is 18.1. The number of sulfonamides is 1. The number of likely N-dealkylation sites (N-methyl/N-ethyl adjacent to an activating group) is 1. The minimum absolute atomic E-state index is 0.0365. The average molecular weight is 347 g/mol. The van der Waals surface area contributed by atoms with Gasteiger partial charge in [0.25, 0.3) is 0 Å². The van der Waals surface area contributed by atoms with Crippen LogP contribution < -0.4 is 10.5 Å². The molecule has 3 N–H and O–H groups in total. The average Bonchev–Trinajstić information content (AvgIpc) is 2.54. The van der Waals surface area contributed by atoms with E-state index in [0.29, 0.717) is 12.2 Å². The maximum Gasteiger partial charge on any atom is 0.241 e. The highest BCUT2D eigenvalue weighted by Gasteiger charge is 2.19. The molecule has 0 unspecified atom stereocenters. The van der Waals surface area contributed by atoms with Crippen molar-refractivity contribution in [3.63, 3.8) is 0 Å². The number of rotatable bonds is 6. The number of benzene rings is 2. The van der Waals surface area contributed by atoms with Crippen molar-refractivity contribution in [3.05, 3.63) is 60.2 Å². The van der Waals surface area contributed by atoms with Crippen LogP contribution in [0.25, 0.3) is 0 Å². The highest BCUT2D eigenvalue weighted by atomic mass is 32.2. The van der Waals surface area contributed by atoms with Crippen molar-refractivity contribution in [3.8, 4) is 0 Å². The van der Waals surface area contributed by atoms with E-state index < -0.39 is 10.0 Å². The number of primary sulfonamides is 1. The van der Waals surface area contributed by atoms with Crippen LogP contribution in [-0.4, -0.2) is 32.3 Å². The number of hydrogen-bond donors (Lipinski definition) is 2. The summed E-state index contributed by atoms with van der Waals surface area (Å²) in [6.45, 7) is 2.43. The predicted molar refractivity (Wildman–Crippen MR) is 93.8 cm³/mol.